The zero-order chi connectivity index (χ0) is 23.4. The maximum Gasteiger partial charge on any atom is 0.254 e. The van der Waals surface area contributed by atoms with Gasteiger partial charge in [-0.1, -0.05) is 19.1 Å². The molecule has 7 heteroatoms. The second-order valence-corrected chi connectivity index (χ2v) is 8.13. The zero-order valence-corrected chi connectivity index (χ0v) is 18.9. The predicted octanol–water partition coefficient (Wildman–Crippen LogP) is 4.12. The molecule has 1 unspecified atom stereocenters. The van der Waals surface area contributed by atoms with E-state index in [1.165, 1.54) is 12.1 Å². The molecule has 0 spiro atoms. The quantitative estimate of drug-likeness (QED) is 0.545. The van der Waals surface area contributed by atoms with Gasteiger partial charge in [0.1, 0.15) is 18.1 Å². The van der Waals surface area contributed by atoms with Crippen molar-refractivity contribution >= 4 is 11.8 Å². The van der Waals surface area contributed by atoms with E-state index in [1.807, 2.05) is 31.3 Å². The summed E-state index contributed by atoms with van der Waals surface area (Å²) in [7, 11) is 1.57. The van der Waals surface area contributed by atoms with E-state index in [4.69, 9.17) is 4.74 Å². The highest BCUT2D eigenvalue weighted by atomic mass is 19.1. The first-order chi connectivity index (χ1) is 16.0. The third kappa shape index (κ3) is 4.77. The van der Waals surface area contributed by atoms with Gasteiger partial charge >= 0.3 is 0 Å². The van der Waals surface area contributed by atoms with E-state index in [1.54, 1.807) is 47.2 Å². The van der Waals surface area contributed by atoms with Crippen LogP contribution >= 0.6 is 0 Å². The maximum absolute atomic E-state index is 14.0. The van der Waals surface area contributed by atoms with Gasteiger partial charge in [0.25, 0.3) is 5.91 Å². The van der Waals surface area contributed by atoms with E-state index in [-0.39, 0.29) is 24.2 Å². The summed E-state index contributed by atoms with van der Waals surface area (Å²) in [6, 6.07) is 16.7. The fourth-order valence-electron chi connectivity index (χ4n) is 4.37. The molecular formula is C26H28FN3O3. The van der Waals surface area contributed by atoms with Gasteiger partial charge in [0.2, 0.25) is 5.91 Å². The Kier molecular flexibility index (Phi) is 6.77. The van der Waals surface area contributed by atoms with Crippen LogP contribution in [0.5, 0.6) is 5.75 Å². The van der Waals surface area contributed by atoms with Crippen molar-refractivity contribution in [3.05, 3.63) is 89.5 Å². The number of halogens is 1. The van der Waals surface area contributed by atoms with Crippen LogP contribution in [0.4, 0.5) is 4.39 Å². The van der Waals surface area contributed by atoms with Crippen LogP contribution in [0.25, 0.3) is 0 Å². The fraction of sp³-hybridized carbons (Fsp3) is 0.308. The standard InChI is InChI=1S/C26H28FN3O3/c1-3-13-29(26(32)19-9-11-22(33-2)12-10-19)18-24(31)30-16-15-28-14-5-8-23(28)25(30)20-6-4-7-21(27)17-20/h4-12,14,17,25H,3,13,15-16,18H2,1-2H3. The fourth-order valence-corrected chi connectivity index (χ4v) is 4.37. The molecule has 3 aromatic rings. The van der Waals surface area contributed by atoms with E-state index in [0.717, 1.165) is 12.1 Å². The Labute approximate surface area is 193 Å². The number of methoxy groups -OCH3 is 1. The molecule has 1 atom stereocenters. The first-order valence-corrected chi connectivity index (χ1v) is 11.1. The van der Waals surface area contributed by atoms with Crippen molar-refractivity contribution in [3.63, 3.8) is 0 Å². The minimum absolute atomic E-state index is 0.0365. The van der Waals surface area contributed by atoms with Gasteiger partial charge in [0.05, 0.1) is 13.2 Å². The molecule has 1 aliphatic heterocycles. The summed E-state index contributed by atoms with van der Waals surface area (Å²) in [5.41, 5.74) is 2.15. The third-order valence-electron chi connectivity index (χ3n) is 5.97. The molecule has 1 aliphatic rings. The number of aromatic nitrogens is 1. The smallest absolute Gasteiger partial charge is 0.254 e. The predicted molar refractivity (Wildman–Crippen MR) is 124 cm³/mol. The van der Waals surface area contributed by atoms with Crippen LogP contribution in [0.3, 0.4) is 0 Å². The Morgan fingerprint density at radius 1 is 1.09 bits per heavy atom. The Balaban J connectivity index is 1.59. The highest BCUT2D eigenvalue weighted by molar-refractivity contribution is 5.96. The average Bonchev–Trinajstić information content (AvgIpc) is 3.31. The minimum Gasteiger partial charge on any atom is -0.497 e. The molecule has 0 aliphatic carbocycles. The summed E-state index contributed by atoms with van der Waals surface area (Å²) in [5, 5.41) is 0. The first-order valence-electron chi connectivity index (χ1n) is 11.1. The molecule has 4 rings (SSSR count). The number of rotatable bonds is 7. The number of hydrogen-bond donors (Lipinski definition) is 0. The minimum atomic E-state index is -0.406. The average molecular weight is 450 g/mol. The van der Waals surface area contributed by atoms with Gasteiger partial charge in [-0.2, -0.15) is 0 Å². The third-order valence-corrected chi connectivity index (χ3v) is 5.97. The number of carbonyl (C=O) groups is 2. The van der Waals surface area contributed by atoms with Gasteiger partial charge in [0, 0.05) is 37.1 Å². The van der Waals surface area contributed by atoms with Crippen molar-refractivity contribution < 1.29 is 18.7 Å². The number of carbonyl (C=O) groups excluding carboxylic acids is 2. The number of hydrogen-bond acceptors (Lipinski definition) is 3. The van der Waals surface area contributed by atoms with E-state index >= 15 is 0 Å². The van der Waals surface area contributed by atoms with E-state index < -0.39 is 6.04 Å². The van der Waals surface area contributed by atoms with E-state index in [9.17, 15) is 14.0 Å². The van der Waals surface area contributed by atoms with Crippen molar-refractivity contribution in [1.82, 2.24) is 14.4 Å². The van der Waals surface area contributed by atoms with Crippen molar-refractivity contribution in [2.75, 3.05) is 26.7 Å². The summed E-state index contributed by atoms with van der Waals surface area (Å²) >= 11 is 0. The van der Waals surface area contributed by atoms with Gasteiger partial charge in [-0.3, -0.25) is 9.59 Å². The number of nitrogens with zero attached hydrogens (tertiary/aromatic N) is 3. The molecule has 1 aromatic heterocycles. The normalized spacial score (nSPS) is 15.1. The van der Waals surface area contributed by atoms with Crippen molar-refractivity contribution in [1.29, 1.82) is 0 Å². The van der Waals surface area contributed by atoms with Gasteiger partial charge in [-0.15, -0.1) is 0 Å². The molecule has 0 radical (unpaired) electrons. The largest absolute Gasteiger partial charge is 0.497 e. The van der Waals surface area contributed by atoms with Gasteiger partial charge < -0.3 is 19.1 Å². The summed E-state index contributed by atoms with van der Waals surface area (Å²) in [4.78, 5) is 30.0. The van der Waals surface area contributed by atoms with Crippen LogP contribution < -0.4 is 4.74 Å². The lowest BCUT2D eigenvalue weighted by atomic mass is 9.99. The zero-order valence-electron chi connectivity index (χ0n) is 18.9. The molecule has 0 saturated carbocycles. The second kappa shape index (κ2) is 9.90. The van der Waals surface area contributed by atoms with Crippen LogP contribution in [0, 0.1) is 5.82 Å². The number of ether oxygens (including phenoxy) is 1. The number of fused-ring (bicyclic) bond motifs is 1. The van der Waals surface area contributed by atoms with E-state index in [0.29, 0.717) is 36.5 Å². The van der Waals surface area contributed by atoms with Crippen LogP contribution in [0.1, 0.15) is 41.0 Å². The molecule has 33 heavy (non-hydrogen) atoms. The first kappa shape index (κ1) is 22.6. The Morgan fingerprint density at radius 3 is 2.58 bits per heavy atom. The maximum atomic E-state index is 14.0. The molecule has 2 heterocycles. The summed E-state index contributed by atoms with van der Waals surface area (Å²) in [6.07, 6.45) is 2.70. The molecule has 172 valence electrons. The second-order valence-electron chi connectivity index (χ2n) is 8.13. The number of amides is 2. The van der Waals surface area contributed by atoms with Crippen molar-refractivity contribution in [2.24, 2.45) is 0 Å². The molecule has 0 saturated heterocycles. The molecule has 6 nitrogen and oxygen atoms in total. The SMILES string of the molecule is CCCN(CC(=O)N1CCn2cccc2C1c1cccc(F)c1)C(=O)c1ccc(OC)cc1. The van der Waals surface area contributed by atoms with Crippen LogP contribution in [0.15, 0.2) is 66.9 Å². The van der Waals surface area contributed by atoms with Crippen LogP contribution in [0.2, 0.25) is 0 Å². The Hall–Kier alpha value is -3.61. The van der Waals surface area contributed by atoms with Gasteiger partial charge in [0.15, 0.2) is 0 Å². The topological polar surface area (TPSA) is 54.8 Å². The highest BCUT2D eigenvalue weighted by Crippen LogP contribution is 2.33. The summed E-state index contributed by atoms with van der Waals surface area (Å²) < 4.78 is 21.3. The lowest BCUT2D eigenvalue weighted by molar-refractivity contribution is -0.134. The molecular weight excluding hydrogens is 421 g/mol. The molecule has 0 fully saturated rings. The molecule has 0 bridgehead atoms. The Morgan fingerprint density at radius 2 is 1.88 bits per heavy atom. The molecule has 0 N–H and O–H groups in total. The lowest BCUT2D eigenvalue weighted by Gasteiger charge is -2.38. The molecule has 2 aromatic carbocycles. The molecule has 2 amide bonds. The van der Waals surface area contributed by atoms with Crippen molar-refractivity contribution in [2.45, 2.75) is 25.9 Å². The van der Waals surface area contributed by atoms with Crippen LogP contribution in [-0.2, 0) is 11.3 Å². The monoisotopic (exact) mass is 449 g/mol. The van der Waals surface area contributed by atoms with Gasteiger partial charge in [-0.05, 0) is 60.5 Å². The van der Waals surface area contributed by atoms with E-state index in [2.05, 4.69) is 4.57 Å². The lowest BCUT2D eigenvalue weighted by Crippen LogP contribution is -2.48. The highest BCUT2D eigenvalue weighted by Gasteiger charge is 2.33. The summed E-state index contributed by atoms with van der Waals surface area (Å²) in [6.45, 7) is 3.54. The number of benzene rings is 2. The van der Waals surface area contributed by atoms with Crippen LogP contribution in [-0.4, -0.2) is 52.9 Å². The Bertz CT molecular complexity index is 1130. The van der Waals surface area contributed by atoms with Gasteiger partial charge in [-0.25, -0.2) is 4.39 Å². The van der Waals surface area contributed by atoms with Crippen molar-refractivity contribution in [3.8, 4) is 5.75 Å². The summed E-state index contributed by atoms with van der Waals surface area (Å²) in [5.74, 6) is -0.0349.